The third-order valence-corrected chi connectivity index (χ3v) is 5.28. The highest BCUT2D eigenvalue weighted by molar-refractivity contribution is 5.33. The zero-order valence-electron chi connectivity index (χ0n) is 13.5. The van der Waals surface area contributed by atoms with Crippen LogP contribution in [0, 0.1) is 11.3 Å². The maximum Gasteiger partial charge on any atom is 0.122 e. The molecule has 2 aliphatic heterocycles. The first-order valence-electron chi connectivity index (χ1n) is 8.39. The van der Waals surface area contributed by atoms with Gasteiger partial charge in [-0.3, -0.25) is 4.90 Å². The van der Waals surface area contributed by atoms with E-state index in [1.165, 1.54) is 5.56 Å². The van der Waals surface area contributed by atoms with Crippen molar-refractivity contribution >= 4 is 0 Å². The number of rotatable bonds is 6. The van der Waals surface area contributed by atoms with Gasteiger partial charge in [0, 0.05) is 37.6 Å². The fourth-order valence-electron chi connectivity index (χ4n) is 3.81. The topological polar surface area (TPSA) is 41.9 Å². The third-order valence-electron chi connectivity index (χ3n) is 5.28. The Bertz CT molecular complexity index is 493. The molecule has 2 fully saturated rings. The molecule has 22 heavy (non-hydrogen) atoms. The van der Waals surface area contributed by atoms with Crippen molar-refractivity contribution in [3.63, 3.8) is 0 Å². The summed E-state index contributed by atoms with van der Waals surface area (Å²) in [5, 5.41) is 9.83. The van der Waals surface area contributed by atoms with Gasteiger partial charge in [-0.25, -0.2) is 0 Å². The second kappa shape index (κ2) is 6.99. The van der Waals surface area contributed by atoms with Crippen molar-refractivity contribution in [3.05, 3.63) is 29.8 Å². The molecule has 4 nitrogen and oxygen atoms in total. The highest BCUT2D eigenvalue weighted by Gasteiger charge is 2.47. The second-order valence-electron chi connectivity index (χ2n) is 6.59. The van der Waals surface area contributed by atoms with Gasteiger partial charge in [-0.15, -0.1) is 0 Å². The van der Waals surface area contributed by atoms with Crippen LogP contribution in [0.3, 0.4) is 0 Å². The summed E-state index contributed by atoms with van der Waals surface area (Å²) in [5.74, 6) is 1.47. The Kier molecular flexibility index (Phi) is 5.01. The van der Waals surface area contributed by atoms with Crippen molar-refractivity contribution in [1.82, 2.24) is 4.90 Å². The van der Waals surface area contributed by atoms with Crippen LogP contribution in [0.5, 0.6) is 5.75 Å². The first-order chi connectivity index (χ1) is 10.8. The number of ether oxygens (including phenoxy) is 2. The van der Waals surface area contributed by atoms with Gasteiger partial charge in [0.05, 0.1) is 13.2 Å². The summed E-state index contributed by atoms with van der Waals surface area (Å²) < 4.78 is 11.6. The number of nitrogens with zero attached hydrogens (tertiary/aromatic N) is 1. The van der Waals surface area contributed by atoms with Crippen LogP contribution in [0.1, 0.15) is 18.9 Å². The number of aliphatic hydroxyl groups is 1. The predicted octanol–water partition coefficient (Wildman–Crippen LogP) is 1.96. The summed E-state index contributed by atoms with van der Waals surface area (Å²) in [4.78, 5) is 2.42. The lowest BCUT2D eigenvalue weighted by molar-refractivity contribution is -0.0417. The Morgan fingerprint density at radius 2 is 2.27 bits per heavy atom. The monoisotopic (exact) mass is 305 g/mol. The molecule has 4 heteroatoms. The highest BCUT2D eigenvalue weighted by atomic mass is 16.5. The Morgan fingerprint density at radius 3 is 3.05 bits per heavy atom. The van der Waals surface area contributed by atoms with E-state index < -0.39 is 0 Å². The van der Waals surface area contributed by atoms with Crippen molar-refractivity contribution < 1.29 is 14.6 Å². The Labute approximate surface area is 133 Å². The lowest BCUT2D eigenvalue weighted by Crippen LogP contribution is -2.41. The van der Waals surface area contributed by atoms with E-state index in [2.05, 4.69) is 24.0 Å². The zero-order valence-corrected chi connectivity index (χ0v) is 13.5. The van der Waals surface area contributed by atoms with Crippen molar-refractivity contribution in [2.45, 2.75) is 19.8 Å². The van der Waals surface area contributed by atoms with Gasteiger partial charge in [-0.05, 0) is 24.5 Å². The molecule has 0 spiro atoms. The van der Waals surface area contributed by atoms with Crippen molar-refractivity contribution in [1.29, 1.82) is 0 Å². The first-order valence-corrected chi connectivity index (χ1v) is 8.39. The van der Waals surface area contributed by atoms with E-state index in [9.17, 15) is 5.11 Å². The quantitative estimate of drug-likeness (QED) is 0.872. The van der Waals surface area contributed by atoms with Gasteiger partial charge in [0.15, 0.2) is 0 Å². The molecule has 1 N–H and O–H groups in total. The van der Waals surface area contributed by atoms with Crippen molar-refractivity contribution in [2.24, 2.45) is 11.3 Å². The molecule has 0 saturated carbocycles. The molecule has 1 aromatic rings. The molecule has 2 saturated heterocycles. The summed E-state index contributed by atoms with van der Waals surface area (Å²) in [5.41, 5.74) is 1.32. The van der Waals surface area contributed by atoms with Crippen LogP contribution in [-0.2, 0) is 11.2 Å². The minimum Gasteiger partial charge on any atom is -0.492 e. The van der Waals surface area contributed by atoms with Crippen LogP contribution in [0.25, 0.3) is 0 Å². The summed E-state index contributed by atoms with van der Waals surface area (Å²) in [6.45, 7) is 7.59. The van der Waals surface area contributed by atoms with Crippen LogP contribution < -0.4 is 4.74 Å². The Hall–Kier alpha value is -1.10. The van der Waals surface area contributed by atoms with Crippen LogP contribution in [-0.4, -0.2) is 56.1 Å². The Morgan fingerprint density at radius 1 is 1.41 bits per heavy atom. The first kappa shape index (κ1) is 15.8. The van der Waals surface area contributed by atoms with E-state index in [1.54, 1.807) is 0 Å². The Balaban J connectivity index is 1.52. The van der Waals surface area contributed by atoms with E-state index in [4.69, 9.17) is 9.47 Å². The number of hydrogen-bond donors (Lipinski definition) is 1. The molecule has 0 bridgehead atoms. The number of likely N-dealkylation sites (tertiary alicyclic amines) is 1. The van der Waals surface area contributed by atoms with E-state index in [-0.39, 0.29) is 12.0 Å². The number of hydrogen-bond acceptors (Lipinski definition) is 4. The summed E-state index contributed by atoms with van der Waals surface area (Å²) in [6.07, 6.45) is 1.97. The molecule has 2 atom stereocenters. The van der Waals surface area contributed by atoms with Gasteiger partial charge in [0.1, 0.15) is 12.4 Å². The highest BCUT2D eigenvalue weighted by Crippen LogP contribution is 2.41. The summed E-state index contributed by atoms with van der Waals surface area (Å²) in [7, 11) is 0. The van der Waals surface area contributed by atoms with Crippen molar-refractivity contribution in [2.75, 3.05) is 46.1 Å². The summed E-state index contributed by atoms with van der Waals surface area (Å²) in [6, 6.07) is 8.25. The van der Waals surface area contributed by atoms with E-state index >= 15 is 0 Å². The van der Waals surface area contributed by atoms with Crippen LogP contribution in [0.4, 0.5) is 0 Å². The van der Waals surface area contributed by atoms with Gasteiger partial charge >= 0.3 is 0 Å². The third kappa shape index (κ3) is 3.14. The maximum absolute atomic E-state index is 9.83. The number of aliphatic hydroxyl groups excluding tert-OH is 1. The largest absolute Gasteiger partial charge is 0.492 e. The standard InChI is InChI=1S/C18H27NO3/c1-2-15-5-3-4-6-17(15)22-10-8-19-11-16-12-21-9-7-18(16,13-19)14-20/h3-6,16,20H,2,7-14H2,1H3/t16-,18-/m1/s1. The molecule has 0 amide bonds. The lowest BCUT2D eigenvalue weighted by Gasteiger charge is -2.36. The summed E-state index contributed by atoms with van der Waals surface area (Å²) >= 11 is 0. The maximum atomic E-state index is 9.83. The average Bonchev–Trinajstić information content (AvgIpc) is 2.94. The molecule has 0 radical (unpaired) electrons. The number of benzene rings is 1. The van der Waals surface area contributed by atoms with Gasteiger partial charge in [0.25, 0.3) is 0 Å². The molecular weight excluding hydrogens is 278 g/mol. The molecule has 0 aliphatic carbocycles. The molecule has 3 rings (SSSR count). The molecule has 0 aromatic heterocycles. The van der Waals surface area contributed by atoms with Crippen molar-refractivity contribution in [3.8, 4) is 5.75 Å². The second-order valence-corrected chi connectivity index (χ2v) is 6.59. The lowest BCUT2D eigenvalue weighted by atomic mass is 9.75. The molecule has 1 aromatic carbocycles. The van der Waals surface area contributed by atoms with Gasteiger partial charge < -0.3 is 14.6 Å². The van der Waals surface area contributed by atoms with E-state index in [0.717, 1.165) is 51.4 Å². The predicted molar refractivity (Wildman–Crippen MR) is 86.2 cm³/mol. The number of fused-ring (bicyclic) bond motifs is 1. The molecule has 122 valence electrons. The minimum absolute atomic E-state index is 0.0551. The van der Waals surface area contributed by atoms with Crippen LogP contribution in [0.2, 0.25) is 0 Å². The minimum atomic E-state index is 0.0551. The van der Waals surface area contributed by atoms with Crippen LogP contribution >= 0.6 is 0 Å². The van der Waals surface area contributed by atoms with Gasteiger partial charge in [-0.2, -0.15) is 0 Å². The molecule has 2 heterocycles. The average molecular weight is 305 g/mol. The van der Waals surface area contributed by atoms with Crippen LogP contribution in [0.15, 0.2) is 24.3 Å². The van der Waals surface area contributed by atoms with Gasteiger partial charge in [-0.1, -0.05) is 25.1 Å². The van der Waals surface area contributed by atoms with Gasteiger partial charge in [0.2, 0.25) is 0 Å². The van der Waals surface area contributed by atoms with E-state index in [1.807, 2.05) is 12.1 Å². The SMILES string of the molecule is CCc1ccccc1OCCN1C[C@@H]2COCC[C@]2(CO)C1. The fourth-order valence-corrected chi connectivity index (χ4v) is 3.81. The number of para-hydroxylation sites is 1. The number of aryl methyl sites for hydroxylation is 1. The normalized spacial score (nSPS) is 28.5. The zero-order chi connectivity index (χ0) is 15.4. The molecule has 2 aliphatic rings. The smallest absolute Gasteiger partial charge is 0.122 e. The van der Waals surface area contributed by atoms with E-state index in [0.29, 0.717) is 12.5 Å². The fraction of sp³-hybridized carbons (Fsp3) is 0.667. The molecular formula is C18H27NO3. The molecule has 0 unspecified atom stereocenters.